The molecular formula is C32H37N7O2. The highest BCUT2D eigenvalue weighted by Crippen LogP contribution is 2.34. The molecule has 3 aromatic rings. The molecule has 3 aliphatic rings. The zero-order valence-electron chi connectivity index (χ0n) is 23.8. The number of likely N-dealkylation sites (tertiary alicyclic amines) is 1. The summed E-state index contributed by atoms with van der Waals surface area (Å²) < 4.78 is 6.23. The number of anilines is 1. The predicted molar refractivity (Wildman–Crippen MR) is 159 cm³/mol. The number of piperazine rings is 1. The van der Waals surface area contributed by atoms with Crippen molar-refractivity contribution >= 4 is 22.8 Å². The maximum absolute atomic E-state index is 12.5. The van der Waals surface area contributed by atoms with Gasteiger partial charge in [-0.25, -0.2) is 4.98 Å². The van der Waals surface area contributed by atoms with E-state index < -0.39 is 0 Å². The summed E-state index contributed by atoms with van der Waals surface area (Å²) in [5, 5.41) is 10.3. The number of hydrogen-bond acceptors (Lipinski definition) is 8. The van der Waals surface area contributed by atoms with Gasteiger partial charge in [0.15, 0.2) is 5.65 Å². The normalized spacial score (nSPS) is 21.0. The van der Waals surface area contributed by atoms with E-state index in [4.69, 9.17) is 19.7 Å². The first kappa shape index (κ1) is 27.2. The highest BCUT2D eigenvalue weighted by atomic mass is 16.5. The van der Waals surface area contributed by atoms with E-state index in [2.05, 4.69) is 59.8 Å². The number of fused-ring (bicyclic) bond motifs is 2. The Morgan fingerprint density at radius 2 is 1.98 bits per heavy atom. The SMILES string of the molecule is C=CC(=O)N1CCN(c2nc(OCC3CCCN3C)nc3nc(-c4cccc5c4CCCC5)ccc23)CC1CC#N. The minimum atomic E-state index is -0.260. The third-order valence-electron chi connectivity index (χ3n) is 8.83. The van der Waals surface area contributed by atoms with Crippen LogP contribution in [0.2, 0.25) is 0 Å². The molecule has 2 atom stereocenters. The lowest BCUT2D eigenvalue weighted by molar-refractivity contribution is -0.128. The van der Waals surface area contributed by atoms with Crippen molar-refractivity contribution < 1.29 is 9.53 Å². The van der Waals surface area contributed by atoms with Crippen LogP contribution in [0.5, 0.6) is 6.01 Å². The van der Waals surface area contributed by atoms with Crippen molar-refractivity contribution in [2.45, 2.75) is 57.0 Å². The van der Waals surface area contributed by atoms with Gasteiger partial charge in [0.25, 0.3) is 0 Å². The molecule has 2 saturated heterocycles. The molecule has 0 bridgehead atoms. The van der Waals surface area contributed by atoms with Gasteiger partial charge in [0, 0.05) is 31.2 Å². The Morgan fingerprint density at radius 1 is 1.10 bits per heavy atom. The topological polar surface area (TPSA) is 98.5 Å². The van der Waals surface area contributed by atoms with E-state index in [0.29, 0.717) is 43.9 Å². The van der Waals surface area contributed by atoms with Crippen LogP contribution >= 0.6 is 0 Å². The molecule has 6 rings (SSSR count). The van der Waals surface area contributed by atoms with E-state index in [1.807, 2.05) is 0 Å². The lowest BCUT2D eigenvalue weighted by Crippen LogP contribution is -2.55. The van der Waals surface area contributed by atoms with Gasteiger partial charge >= 0.3 is 6.01 Å². The van der Waals surface area contributed by atoms with Gasteiger partial charge in [-0.05, 0) is 81.5 Å². The number of amides is 1. The predicted octanol–water partition coefficient (Wildman–Crippen LogP) is 4.16. The van der Waals surface area contributed by atoms with Gasteiger partial charge in [-0.3, -0.25) is 4.79 Å². The molecule has 212 valence electrons. The minimum Gasteiger partial charge on any atom is -0.462 e. The second kappa shape index (κ2) is 11.8. The van der Waals surface area contributed by atoms with Crippen molar-refractivity contribution in [2.75, 3.05) is 44.7 Å². The average molecular weight is 552 g/mol. The molecule has 0 spiro atoms. The van der Waals surface area contributed by atoms with Gasteiger partial charge in [-0.2, -0.15) is 15.2 Å². The molecule has 9 heteroatoms. The summed E-state index contributed by atoms with van der Waals surface area (Å²) in [5.41, 5.74) is 5.48. The lowest BCUT2D eigenvalue weighted by atomic mass is 9.87. The van der Waals surface area contributed by atoms with Gasteiger partial charge in [-0.1, -0.05) is 24.8 Å². The first-order valence-electron chi connectivity index (χ1n) is 14.7. The molecule has 4 heterocycles. The van der Waals surface area contributed by atoms with E-state index in [0.717, 1.165) is 49.1 Å². The second-order valence-corrected chi connectivity index (χ2v) is 11.3. The summed E-state index contributed by atoms with van der Waals surface area (Å²) in [6.45, 7) is 6.77. The van der Waals surface area contributed by atoms with Crippen LogP contribution in [-0.4, -0.2) is 82.6 Å². The van der Waals surface area contributed by atoms with Crippen molar-refractivity contribution in [3.05, 3.63) is 54.1 Å². The molecule has 1 aliphatic carbocycles. The Balaban J connectivity index is 1.38. The quantitative estimate of drug-likeness (QED) is 0.404. The molecular weight excluding hydrogens is 514 g/mol. The van der Waals surface area contributed by atoms with Crippen LogP contribution in [0.4, 0.5) is 5.82 Å². The summed E-state index contributed by atoms with van der Waals surface area (Å²) in [4.78, 5) is 33.5. The molecule has 2 fully saturated rings. The van der Waals surface area contributed by atoms with Crippen LogP contribution in [0.15, 0.2) is 43.0 Å². The number of ether oxygens (including phenoxy) is 1. The molecule has 0 N–H and O–H groups in total. The summed E-state index contributed by atoms with van der Waals surface area (Å²) in [6, 6.07) is 13.3. The lowest BCUT2D eigenvalue weighted by Gasteiger charge is -2.41. The van der Waals surface area contributed by atoms with Crippen molar-refractivity contribution in [1.82, 2.24) is 24.8 Å². The van der Waals surface area contributed by atoms with Crippen LogP contribution in [0.25, 0.3) is 22.3 Å². The minimum absolute atomic E-state index is 0.153. The van der Waals surface area contributed by atoms with Crippen LogP contribution in [0.1, 0.15) is 43.2 Å². The van der Waals surface area contributed by atoms with Crippen LogP contribution in [-0.2, 0) is 17.6 Å². The van der Waals surface area contributed by atoms with Gasteiger partial charge in [0.05, 0.1) is 29.6 Å². The fourth-order valence-electron chi connectivity index (χ4n) is 6.55. The Hall–Kier alpha value is -4.03. The summed E-state index contributed by atoms with van der Waals surface area (Å²) in [6.07, 6.45) is 8.41. The largest absolute Gasteiger partial charge is 0.462 e. The molecule has 2 unspecified atom stereocenters. The van der Waals surface area contributed by atoms with Crippen LogP contribution in [0.3, 0.4) is 0 Å². The Kier molecular flexibility index (Phi) is 7.84. The van der Waals surface area contributed by atoms with Gasteiger partial charge in [0.2, 0.25) is 5.91 Å². The maximum Gasteiger partial charge on any atom is 0.320 e. The number of likely N-dealkylation sites (N-methyl/N-ethyl adjacent to an activating group) is 1. The fraction of sp³-hybridized carbons (Fsp3) is 0.469. The number of pyridine rings is 1. The zero-order valence-corrected chi connectivity index (χ0v) is 23.8. The molecule has 41 heavy (non-hydrogen) atoms. The first-order chi connectivity index (χ1) is 20.1. The standard InChI is InChI=1S/C32H37N7O2/c1-3-29(40)39-19-18-38(20-23(39)15-16-33)31-27-13-14-28(26-12-6-9-22-8-4-5-11-25(22)26)34-30(27)35-32(36-31)41-21-24-10-7-17-37(24)2/h3,6,9,12-14,23-24H,1,4-5,7-8,10-11,15,17-21H2,2H3. The van der Waals surface area contributed by atoms with Crippen LogP contribution in [0, 0.1) is 11.3 Å². The Bertz CT molecular complexity index is 1500. The number of rotatable bonds is 7. The Morgan fingerprint density at radius 3 is 2.78 bits per heavy atom. The van der Waals surface area contributed by atoms with E-state index in [9.17, 15) is 10.1 Å². The van der Waals surface area contributed by atoms with Crippen molar-refractivity contribution in [3.8, 4) is 23.3 Å². The molecule has 1 amide bonds. The number of nitrogens with zero attached hydrogens (tertiary/aromatic N) is 7. The summed E-state index contributed by atoms with van der Waals surface area (Å²) in [7, 11) is 2.13. The summed E-state index contributed by atoms with van der Waals surface area (Å²) in [5.74, 6) is 0.576. The molecule has 9 nitrogen and oxygen atoms in total. The van der Waals surface area contributed by atoms with Gasteiger partial charge in [0.1, 0.15) is 12.4 Å². The highest BCUT2D eigenvalue weighted by molar-refractivity contribution is 5.90. The number of aryl methyl sites for hydroxylation is 1. The highest BCUT2D eigenvalue weighted by Gasteiger charge is 2.31. The Labute approximate surface area is 241 Å². The number of carbonyl (C=O) groups is 1. The molecule has 0 radical (unpaired) electrons. The molecule has 1 aromatic carbocycles. The van der Waals surface area contributed by atoms with E-state index >= 15 is 0 Å². The van der Waals surface area contributed by atoms with E-state index in [1.165, 1.54) is 35.6 Å². The monoisotopic (exact) mass is 551 g/mol. The second-order valence-electron chi connectivity index (χ2n) is 11.3. The zero-order chi connectivity index (χ0) is 28.3. The number of nitriles is 1. The maximum atomic E-state index is 12.5. The van der Waals surface area contributed by atoms with Crippen molar-refractivity contribution in [2.24, 2.45) is 0 Å². The van der Waals surface area contributed by atoms with Crippen LogP contribution < -0.4 is 9.64 Å². The van der Waals surface area contributed by atoms with E-state index in [-0.39, 0.29) is 18.4 Å². The number of aromatic nitrogens is 3. The van der Waals surface area contributed by atoms with Gasteiger partial charge < -0.3 is 19.4 Å². The summed E-state index contributed by atoms with van der Waals surface area (Å²) >= 11 is 0. The molecule has 0 saturated carbocycles. The average Bonchev–Trinajstić information content (AvgIpc) is 3.43. The smallest absolute Gasteiger partial charge is 0.320 e. The third kappa shape index (κ3) is 5.49. The molecule has 2 aromatic heterocycles. The van der Waals surface area contributed by atoms with Crippen molar-refractivity contribution in [1.29, 1.82) is 5.26 Å². The number of carbonyl (C=O) groups excluding carboxylic acids is 1. The van der Waals surface area contributed by atoms with E-state index in [1.54, 1.807) is 4.90 Å². The van der Waals surface area contributed by atoms with Gasteiger partial charge in [-0.15, -0.1) is 0 Å². The molecule has 2 aliphatic heterocycles. The van der Waals surface area contributed by atoms with Crippen molar-refractivity contribution in [3.63, 3.8) is 0 Å². The number of hydrogen-bond donors (Lipinski definition) is 0. The number of benzene rings is 1. The fourth-order valence-corrected chi connectivity index (χ4v) is 6.55. The first-order valence-corrected chi connectivity index (χ1v) is 14.7. The third-order valence-corrected chi connectivity index (χ3v) is 8.83.